The zero-order chi connectivity index (χ0) is 16.5. The molecule has 0 bridgehead atoms. The van der Waals surface area contributed by atoms with Crippen LogP contribution in [0.4, 0.5) is 0 Å². The van der Waals surface area contributed by atoms with Gasteiger partial charge in [-0.2, -0.15) is 0 Å². The Morgan fingerprint density at radius 3 is 2.22 bits per heavy atom. The molecular weight excluding hydrogens is 294 g/mol. The van der Waals surface area contributed by atoms with E-state index in [1.54, 1.807) is 24.3 Å². The predicted octanol–water partition coefficient (Wildman–Crippen LogP) is 2.49. The van der Waals surface area contributed by atoms with Crippen molar-refractivity contribution in [3.8, 4) is 5.75 Å². The minimum absolute atomic E-state index is 0.150. The van der Waals surface area contributed by atoms with Crippen molar-refractivity contribution >= 4 is 11.9 Å². The van der Waals surface area contributed by atoms with Gasteiger partial charge in [0.1, 0.15) is 5.75 Å². The van der Waals surface area contributed by atoms with Crippen molar-refractivity contribution in [3.05, 3.63) is 66.2 Å². The second-order valence-electron chi connectivity index (χ2n) is 4.96. The highest BCUT2D eigenvalue weighted by Gasteiger charge is 2.12. The van der Waals surface area contributed by atoms with Crippen LogP contribution in [0.15, 0.2) is 60.7 Å². The van der Waals surface area contributed by atoms with E-state index < -0.39 is 5.97 Å². The molecule has 0 spiro atoms. The Hall–Kier alpha value is -2.82. The number of carbonyl (C=O) groups excluding carboxylic acids is 2. The zero-order valence-corrected chi connectivity index (χ0v) is 12.9. The lowest BCUT2D eigenvalue weighted by Crippen LogP contribution is -2.31. The fourth-order valence-electron chi connectivity index (χ4n) is 1.95. The summed E-state index contributed by atoms with van der Waals surface area (Å²) in [4.78, 5) is 23.3. The SMILES string of the molecule is C[C@H](NC(=O)COC(=O)COc1ccccc1)c1ccccc1. The van der Waals surface area contributed by atoms with Gasteiger partial charge in [0, 0.05) is 0 Å². The summed E-state index contributed by atoms with van der Waals surface area (Å²) >= 11 is 0. The largest absolute Gasteiger partial charge is 0.482 e. The molecule has 2 rings (SSSR count). The number of hydrogen-bond acceptors (Lipinski definition) is 4. The average Bonchev–Trinajstić information content (AvgIpc) is 2.60. The molecule has 1 atom stereocenters. The van der Waals surface area contributed by atoms with Gasteiger partial charge in [0.25, 0.3) is 5.91 Å². The van der Waals surface area contributed by atoms with E-state index in [0.29, 0.717) is 5.75 Å². The van der Waals surface area contributed by atoms with Gasteiger partial charge in [0.15, 0.2) is 13.2 Å². The molecule has 5 heteroatoms. The number of benzene rings is 2. The van der Waals surface area contributed by atoms with E-state index in [4.69, 9.17) is 9.47 Å². The van der Waals surface area contributed by atoms with Crippen LogP contribution in [-0.4, -0.2) is 25.1 Å². The van der Waals surface area contributed by atoms with Crippen LogP contribution in [0.2, 0.25) is 0 Å². The summed E-state index contributed by atoms with van der Waals surface area (Å²) in [6.07, 6.45) is 0. The molecule has 120 valence electrons. The molecule has 0 fully saturated rings. The highest BCUT2D eigenvalue weighted by atomic mass is 16.6. The normalized spacial score (nSPS) is 11.3. The molecular formula is C18H19NO4. The maximum Gasteiger partial charge on any atom is 0.344 e. The standard InChI is InChI=1S/C18H19NO4/c1-14(15-8-4-2-5-9-15)19-17(20)12-23-18(21)13-22-16-10-6-3-7-11-16/h2-11,14H,12-13H2,1H3,(H,19,20)/t14-/m0/s1. The Labute approximate surface area is 135 Å². The number of nitrogens with one attached hydrogen (secondary N) is 1. The maximum absolute atomic E-state index is 11.8. The summed E-state index contributed by atoms with van der Waals surface area (Å²) in [6.45, 7) is 1.31. The van der Waals surface area contributed by atoms with Crippen molar-refractivity contribution in [2.75, 3.05) is 13.2 Å². The average molecular weight is 313 g/mol. The monoisotopic (exact) mass is 313 g/mol. The molecule has 0 aliphatic heterocycles. The predicted molar refractivity (Wildman–Crippen MR) is 85.9 cm³/mol. The first-order chi connectivity index (χ1) is 11.1. The van der Waals surface area contributed by atoms with Gasteiger partial charge in [-0.15, -0.1) is 0 Å². The third-order valence-corrected chi connectivity index (χ3v) is 3.14. The summed E-state index contributed by atoms with van der Waals surface area (Å²) in [6, 6.07) is 18.3. The molecule has 2 aromatic carbocycles. The number of rotatable bonds is 7. The molecule has 0 aliphatic rings. The van der Waals surface area contributed by atoms with Crippen LogP contribution in [0.1, 0.15) is 18.5 Å². The molecule has 23 heavy (non-hydrogen) atoms. The number of ether oxygens (including phenoxy) is 2. The van der Waals surface area contributed by atoms with Crippen LogP contribution >= 0.6 is 0 Å². The molecule has 0 heterocycles. The lowest BCUT2D eigenvalue weighted by atomic mass is 10.1. The minimum Gasteiger partial charge on any atom is -0.482 e. The van der Waals surface area contributed by atoms with Crippen LogP contribution < -0.4 is 10.1 Å². The van der Waals surface area contributed by atoms with Crippen LogP contribution in [0.3, 0.4) is 0 Å². The number of carbonyl (C=O) groups is 2. The van der Waals surface area contributed by atoms with Crippen LogP contribution in [-0.2, 0) is 14.3 Å². The van der Waals surface area contributed by atoms with Crippen LogP contribution in [0.5, 0.6) is 5.75 Å². The molecule has 5 nitrogen and oxygen atoms in total. The maximum atomic E-state index is 11.8. The van der Waals surface area contributed by atoms with Gasteiger partial charge in [-0.25, -0.2) is 4.79 Å². The Morgan fingerprint density at radius 2 is 1.57 bits per heavy atom. The Kier molecular flexibility index (Phi) is 6.17. The molecule has 2 aromatic rings. The molecule has 0 saturated carbocycles. The van der Waals surface area contributed by atoms with Crippen LogP contribution in [0.25, 0.3) is 0 Å². The number of amides is 1. The summed E-state index contributed by atoms with van der Waals surface area (Å²) in [5, 5.41) is 2.77. The number of para-hydroxylation sites is 1. The van der Waals surface area contributed by atoms with Gasteiger partial charge in [-0.05, 0) is 24.6 Å². The first-order valence-electron chi connectivity index (χ1n) is 7.33. The summed E-state index contributed by atoms with van der Waals surface area (Å²) < 4.78 is 10.1. The van der Waals surface area contributed by atoms with Gasteiger partial charge < -0.3 is 14.8 Å². The van der Waals surface area contributed by atoms with Crippen molar-refractivity contribution in [1.82, 2.24) is 5.32 Å². The van der Waals surface area contributed by atoms with E-state index in [1.807, 2.05) is 43.3 Å². The number of esters is 1. The quantitative estimate of drug-likeness (QED) is 0.798. The fraction of sp³-hybridized carbons (Fsp3) is 0.222. The summed E-state index contributed by atoms with van der Waals surface area (Å²) in [7, 11) is 0. The van der Waals surface area contributed by atoms with Gasteiger partial charge in [0.05, 0.1) is 6.04 Å². The van der Waals surface area contributed by atoms with Crippen molar-refractivity contribution in [1.29, 1.82) is 0 Å². The summed E-state index contributed by atoms with van der Waals surface area (Å²) in [5.41, 5.74) is 0.986. The van der Waals surface area contributed by atoms with Crippen molar-refractivity contribution < 1.29 is 19.1 Å². The molecule has 0 aromatic heterocycles. The molecule has 1 N–H and O–H groups in total. The Balaban J connectivity index is 1.68. The molecule has 1 amide bonds. The second kappa shape index (κ2) is 8.58. The molecule has 0 saturated heterocycles. The Bertz CT molecular complexity index is 628. The third-order valence-electron chi connectivity index (χ3n) is 3.14. The third kappa shape index (κ3) is 5.82. The molecule has 0 aliphatic carbocycles. The lowest BCUT2D eigenvalue weighted by Gasteiger charge is -2.14. The second-order valence-corrected chi connectivity index (χ2v) is 4.96. The van der Waals surface area contributed by atoms with E-state index in [1.165, 1.54) is 0 Å². The van der Waals surface area contributed by atoms with Crippen molar-refractivity contribution in [2.24, 2.45) is 0 Å². The van der Waals surface area contributed by atoms with Crippen molar-refractivity contribution in [3.63, 3.8) is 0 Å². The zero-order valence-electron chi connectivity index (χ0n) is 12.9. The minimum atomic E-state index is -0.587. The van der Waals surface area contributed by atoms with E-state index in [9.17, 15) is 9.59 Å². The summed E-state index contributed by atoms with van der Waals surface area (Å²) in [5.74, 6) is -0.364. The highest BCUT2D eigenvalue weighted by molar-refractivity contribution is 5.81. The first-order valence-corrected chi connectivity index (χ1v) is 7.33. The van der Waals surface area contributed by atoms with E-state index >= 15 is 0 Å². The van der Waals surface area contributed by atoms with Crippen LogP contribution in [0, 0.1) is 0 Å². The van der Waals surface area contributed by atoms with E-state index in [-0.39, 0.29) is 25.2 Å². The van der Waals surface area contributed by atoms with Gasteiger partial charge in [-0.3, -0.25) is 4.79 Å². The van der Waals surface area contributed by atoms with Gasteiger partial charge in [-0.1, -0.05) is 48.5 Å². The number of hydrogen-bond donors (Lipinski definition) is 1. The van der Waals surface area contributed by atoms with E-state index in [0.717, 1.165) is 5.56 Å². The molecule has 0 radical (unpaired) electrons. The van der Waals surface area contributed by atoms with Crippen molar-refractivity contribution in [2.45, 2.75) is 13.0 Å². The Morgan fingerprint density at radius 1 is 0.957 bits per heavy atom. The fourth-order valence-corrected chi connectivity index (χ4v) is 1.95. The first kappa shape index (κ1) is 16.5. The smallest absolute Gasteiger partial charge is 0.344 e. The molecule has 0 unspecified atom stereocenters. The van der Waals surface area contributed by atoms with Gasteiger partial charge in [0.2, 0.25) is 0 Å². The highest BCUT2D eigenvalue weighted by Crippen LogP contribution is 2.11. The van der Waals surface area contributed by atoms with E-state index in [2.05, 4.69) is 5.32 Å². The topological polar surface area (TPSA) is 64.6 Å². The lowest BCUT2D eigenvalue weighted by molar-refractivity contribution is -0.150. The van der Waals surface area contributed by atoms with Gasteiger partial charge >= 0.3 is 5.97 Å².